The van der Waals surface area contributed by atoms with Gasteiger partial charge in [-0.1, -0.05) is 12.5 Å². The number of rotatable bonds is 4. The number of hydrogen-bond donors (Lipinski definition) is 1. The molecule has 3 heterocycles. The zero-order chi connectivity index (χ0) is 16.9. The number of anilines is 1. The maximum Gasteiger partial charge on any atom is 0.323 e. The minimum absolute atomic E-state index is 0.248. The van der Waals surface area contributed by atoms with Crippen molar-refractivity contribution in [2.24, 2.45) is 0 Å². The van der Waals surface area contributed by atoms with E-state index in [1.165, 1.54) is 13.5 Å². The Morgan fingerprint density at radius 3 is 3.04 bits per heavy atom. The lowest BCUT2D eigenvalue weighted by Crippen LogP contribution is -2.32. The van der Waals surface area contributed by atoms with Crippen LogP contribution in [0.3, 0.4) is 0 Å². The van der Waals surface area contributed by atoms with Gasteiger partial charge in [0.25, 0.3) is 0 Å². The van der Waals surface area contributed by atoms with Crippen LogP contribution in [0, 0.1) is 0 Å². The maximum atomic E-state index is 12.4. The number of carbonyl (C=O) groups is 1. The van der Waals surface area contributed by atoms with E-state index in [9.17, 15) is 4.79 Å². The lowest BCUT2D eigenvalue weighted by molar-refractivity contribution is 0.218. The van der Waals surface area contributed by atoms with Gasteiger partial charge in [0.1, 0.15) is 11.6 Å². The molecule has 0 spiro atoms. The van der Waals surface area contributed by atoms with Gasteiger partial charge >= 0.3 is 6.03 Å². The molecular formula is C16H22N6O2. The van der Waals surface area contributed by atoms with Gasteiger partial charge in [0, 0.05) is 26.1 Å². The first-order valence-corrected chi connectivity index (χ1v) is 8.11. The van der Waals surface area contributed by atoms with Crippen molar-refractivity contribution in [2.45, 2.75) is 38.8 Å². The number of aryl methyl sites for hydroxylation is 1. The average Bonchev–Trinajstić information content (AvgIpc) is 2.82. The second-order valence-corrected chi connectivity index (χ2v) is 5.85. The minimum atomic E-state index is -0.248. The summed E-state index contributed by atoms with van der Waals surface area (Å²) in [5.74, 6) is 2.75. The topological polar surface area (TPSA) is 85.2 Å². The monoisotopic (exact) mass is 330 g/mol. The third kappa shape index (κ3) is 3.64. The Morgan fingerprint density at radius 2 is 2.21 bits per heavy atom. The summed E-state index contributed by atoms with van der Waals surface area (Å²) in [6.07, 6.45) is 4.44. The van der Waals surface area contributed by atoms with Crippen molar-refractivity contribution >= 4 is 11.8 Å². The highest BCUT2D eigenvalue weighted by Gasteiger charge is 2.18. The lowest BCUT2D eigenvalue weighted by Gasteiger charge is -2.18. The van der Waals surface area contributed by atoms with E-state index in [2.05, 4.69) is 25.1 Å². The summed E-state index contributed by atoms with van der Waals surface area (Å²) in [5.41, 5.74) is 0. The van der Waals surface area contributed by atoms with Gasteiger partial charge in [-0.3, -0.25) is 5.32 Å². The Bertz CT molecular complexity index is 714. The molecule has 0 saturated carbocycles. The van der Waals surface area contributed by atoms with Gasteiger partial charge in [-0.15, -0.1) is 10.2 Å². The van der Waals surface area contributed by atoms with Gasteiger partial charge in [0.2, 0.25) is 5.88 Å². The molecule has 2 amide bonds. The molecule has 0 radical (unpaired) electrons. The van der Waals surface area contributed by atoms with Crippen LogP contribution in [0.25, 0.3) is 0 Å². The molecular weight excluding hydrogens is 308 g/mol. The third-order valence-electron chi connectivity index (χ3n) is 4.08. The van der Waals surface area contributed by atoms with Crippen LogP contribution in [0.1, 0.15) is 30.9 Å². The number of carbonyl (C=O) groups excluding carboxylic acids is 1. The van der Waals surface area contributed by atoms with E-state index in [1.54, 1.807) is 30.1 Å². The first-order valence-electron chi connectivity index (χ1n) is 8.11. The standard InChI is InChI=1S/C16H22N6O2/c1-21(16(23)18-12-7-6-9-15(17-12)24-2)11-14-20-19-13-8-4-3-5-10-22(13)14/h6-7,9H,3-5,8,10-11H2,1-2H3,(H,17,18,23). The van der Waals surface area contributed by atoms with E-state index in [-0.39, 0.29) is 6.03 Å². The summed E-state index contributed by atoms with van der Waals surface area (Å²) in [6, 6.07) is 4.98. The molecule has 24 heavy (non-hydrogen) atoms. The largest absolute Gasteiger partial charge is 0.481 e. The predicted molar refractivity (Wildman–Crippen MR) is 88.9 cm³/mol. The van der Waals surface area contributed by atoms with Crippen LogP contribution >= 0.6 is 0 Å². The van der Waals surface area contributed by atoms with Crippen LogP contribution in [-0.4, -0.2) is 44.8 Å². The van der Waals surface area contributed by atoms with Gasteiger partial charge in [-0.05, 0) is 18.9 Å². The number of nitrogens with zero attached hydrogens (tertiary/aromatic N) is 5. The molecule has 128 valence electrons. The highest BCUT2D eigenvalue weighted by Crippen LogP contribution is 2.16. The van der Waals surface area contributed by atoms with Crippen molar-refractivity contribution in [2.75, 3.05) is 19.5 Å². The van der Waals surface area contributed by atoms with Gasteiger partial charge in [0.05, 0.1) is 13.7 Å². The molecule has 8 nitrogen and oxygen atoms in total. The van der Waals surface area contributed by atoms with Crippen LogP contribution < -0.4 is 10.1 Å². The Morgan fingerprint density at radius 1 is 1.33 bits per heavy atom. The maximum absolute atomic E-state index is 12.4. The van der Waals surface area contributed by atoms with Crippen molar-refractivity contribution in [3.8, 4) is 5.88 Å². The van der Waals surface area contributed by atoms with Crippen LogP contribution in [0.5, 0.6) is 5.88 Å². The van der Waals surface area contributed by atoms with Crippen molar-refractivity contribution < 1.29 is 9.53 Å². The Balaban J connectivity index is 1.65. The number of hydrogen-bond acceptors (Lipinski definition) is 5. The molecule has 0 unspecified atom stereocenters. The van der Waals surface area contributed by atoms with E-state index in [0.717, 1.165) is 37.5 Å². The third-order valence-corrected chi connectivity index (χ3v) is 4.08. The zero-order valence-electron chi connectivity index (χ0n) is 14.0. The summed E-state index contributed by atoms with van der Waals surface area (Å²) < 4.78 is 7.20. The normalized spacial score (nSPS) is 13.8. The first kappa shape index (κ1) is 16.2. The number of methoxy groups -OCH3 is 1. The Kier molecular flexibility index (Phi) is 4.93. The number of pyridine rings is 1. The molecule has 2 aromatic heterocycles. The van der Waals surface area contributed by atoms with E-state index >= 15 is 0 Å². The van der Waals surface area contributed by atoms with Crippen molar-refractivity contribution in [3.05, 3.63) is 29.8 Å². The number of aromatic nitrogens is 4. The summed E-state index contributed by atoms with van der Waals surface area (Å²) >= 11 is 0. The lowest BCUT2D eigenvalue weighted by atomic mass is 10.2. The molecule has 0 saturated heterocycles. The van der Waals surface area contributed by atoms with Gasteiger partial charge in [-0.2, -0.15) is 4.98 Å². The van der Waals surface area contributed by atoms with Crippen LogP contribution in [0.15, 0.2) is 18.2 Å². The number of nitrogens with one attached hydrogen (secondary N) is 1. The minimum Gasteiger partial charge on any atom is -0.481 e. The van der Waals surface area contributed by atoms with Gasteiger partial charge in [0.15, 0.2) is 5.82 Å². The Hall–Kier alpha value is -2.64. The molecule has 0 bridgehead atoms. The van der Waals surface area contributed by atoms with Crippen LogP contribution in [-0.2, 0) is 19.5 Å². The molecule has 0 aromatic carbocycles. The van der Waals surface area contributed by atoms with E-state index in [0.29, 0.717) is 18.2 Å². The van der Waals surface area contributed by atoms with Gasteiger partial charge in [-0.25, -0.2) is 4.79 Å². The van der Waals surface area contributed by atoms with Crippen LogP contribution in [0.4, 0.5) is 10.6 Å². The molecule has 0 aliphatic carbocycles. The second kappa shape index (κ2) is 7.29. The number of ether oxygens (including phenoxy) is 1. The molecule has 0 fully saturated rings. The zero-order valence-corrected chi connectivity index (χ0v) is 14.0. The van der Waals surface area contributed by atoms with Crippen LogP contribution in [0.2, 0.25) is 0 Å². The average molecular weight is 330 g/mol. The fourth-order valence-electron chi connectivity index (χ4n) is 2.75. The fraction of sp³-hybridized carbons (Fsp3) is 0.500. The molecule has 3 rings (SSSR count). The molecule has 1 aliphatic heterocycles. The summed E-state index contributed by atoms with van der Waals surface area (Å²) in [5, 5.41) is 11.3. The first-order chi connectivity index (χ1) is 11.7. The summed E-state index contributed by atoms with van der Waals surface area (Å²) in [6.45, 7) is 1.33. The molecule has 8 heteroatoms. The molecule has 1 N–H and O–H groups in total. The van der Waals surface area contributed by atoms with Crippen molar-refractivity contribution in [3.63, 3.8) is 0 Å². The van der Waals surface area contributed by atoms with Crippen molar-refractivity contribution in [1.82, 2.24) is 24.6 Å². The number of fused-ring (bicyclic) bond motifs is 1. The predicted octanol–water partition coefficient (Wildman–Crippen LogP) is 2.07. The Labute approximate surface area is 140 Å². The highest BCUT2D eigenvalue weighted by atomic mass is 16.5. The number of amides is 2. The summed E-state index contributed by atoms with van der Waals surface area (Å²) in [4.78, 5) is 18.1. The SMILES string of the molecule is COc1cccc(NC(=O)N(C)Cc2nnc3n2CCCCC3)n1. The van der Waals surface area contributed by atoms with Crippen molar-refractivity contribution in [1.29, 1.82) is 0 Å². The fourth-order valence-corrected chi connectivity index (χ4v) is 2.75. The van der Waals surface area contributed by atoms with E-state index in [1.807, 2.05) is 0 Å². The molecule has 1 aliphatic rings. The van der Waals surface area contributed by atoms with E-state index < -0.39 is 0 Å². The van der Waals surface area contributed by atoms with E-state index in [4.69, 9.17) is 4.74 Å². The molecule has 2 aromatic rings. The quantitative estimate of drug-likeness (QED) is 0.927. The highest BCUT2D eigenvalue weighted by molar-refractivity contribution is 5.88. The number of urea groups is 1. The summed E-state index contributed by atoms with van der Waals surface area (Å²) in [7, 11) is 3.27. The second-order valence-electron chi connectivity index (χ2n) is 5.85. The smallest absolute Gasteiger partial charge is 0.323 e. The van der Waals surface area contributed by atoms with Gasteiger partial charge < -0.3 is 14.2 Å². The molecule has 0 atom stereocenters.